The van der Waals surface area contributed by atoms with Crippen molar-refractivity contribution in [3.63, 3.8) is 0 Å². The van der Waals surface area contributed by atoms with Crippen LogP contribution in [-0.4, -0.2) is 16.5 Å². The molecule has 2 bridgehead atoms. The predicted molar refractivity (Wildman–Crippen MR) is 63.0 cm³/mol. The van der Waals surface area contributed by atoms with Crippen LogP contribution in [0.1, 0.15) is 43.1 Å². The van der Waals surface area contributed by atoms with Crippen LogP contribution in [0.25, 0.3) is 0 Å². The molecule has 3 rings (SSSR count). The van der Waals surface area contributed by atoms with Crippen LogP contribution in [0.3, 0.4) is 0 Å². The molecule has 2 N–H and O–H groups in total. The van der Waals surface area contributed by atoms with Gasteiger partial charge >= 0.3 is 0 Å². The first-order valence-electron chi connectivity index (χ1n) is 6.38. The zero-order valence-corrected chi connectivity index (χ0v) is 9.60. The van der Waals surface area contributed by atoms with E-state index < -0.39 is 0 Å². The van der Waals surface area contributed by atoms with Gasteiger partial charge in [0.15, 0.2) is 0 Å². The molecule has 2 aliphatic carbocycles. The number of nitrogens with two attached hydrogens (primary N) is 1. The Hall–Kier alpha value is -0.960. The third-order valence-electron chi connectivity index (χ3n) is 4.20. The van der Waals surface area contributed by atoms with Gasteiger partial charge in [0.05, 0.1) is 0 Å². The largest absolute Gasteiger partial charge is 0.330 e. The molecule has 3 heteroatoms. The van der Waals surface area contributed by atoms with Crippen molar-refractivity contribution in [3.05, 3.63) is 23.8 Å². The minimum absolute atomic E-state index is 0.636. The lowest BCUT2D eigenvalue weighted by Crippen LogP contribution is -2.14. The summed E-state index contributed by atoms with van der Waals surface area (Å²) in [6.07, 6.45) is 8.32. The van der Waals surface area contributed by atoms with Crippen molar-refractivity contribution in [2.75, 3.05) is 6.54 Å². The number of hydrogen-bond donors (Lipinski definition) is 1. The average molecular weight is 217 g/mol. The van der Waals surface area contributed by atoms with Crippen LogP contribution < -0.4 is 5.73 Å². The van der Waals surface area contributed by atoms with Gasteiger partial charge in [-0.25, -0.2) is 9.97 Å². The maximum atomic E-state index is 5.56. The van der Waals surface area contributed by atoms with Gasteiger partial charge in [-0.3, -0.25) is 0 Å². The van der Waals surface area contributed by atoms with Gasteiger partial charge in [-0.15, -0.1) is 0 Å². The number of rotatable bonds is 3. The lowest BCUT2D eigenvalue weighted by Gasteiger charge is -2.20. The smallest absolute Gasteiger partial charge is 0.131 e. The maximum absolute atomic E-state index is 5.56. The summed E-state index contributed by atoms with van der Waals surface area (Å²) >= 11 is 0. The monoisotopic (exact) mass is 217 g/mol. The third-order valence-corrected chi connectivity index (χ3v) is 4.20. The van der Waals surface area contributed by atoms with E-state index in [2.05, 4.69) is 9.97 Å². The minimum atomic E-state index is 0.636. The summed E-state index contributed by atoms with van der Waals surface area (Å²) in [4.78, 5) is 9.14. The average Bonchev–Trinajstić information content (AvgIpc) is 2.91. The highest BCUT2D eigenvalue weighted by atomic mass is 14.9. The highest BCUT2D eigenvalue weighted by molar-refractivity contribution is 5.11. The molecule has 3 nitrogen and oxygen atoms in total. The van der Waals surface area contributed by atoms with Crippen molar-refractivity contribution < 1.29 is 0 Å². The van der Waals surface area contributed by atoms with Crippen LogP contribution in [0.15, 0.2) is 12.3 Å². The zero-order valence-electron chi connectivity index (χ0n) is 9.60. The Bertz CT molecular complexity index is 377. The van der Waals surface area contributed by atoms with E-state index in [1.165, 1.54) is 25.7 Å². The minimum Gasteiger partial charge on any atom is -0.330 e. The molecule has 0 radical (unpaired) electrons. The van der Waals surface area contributed by atoms with Gasteiger partial charge in [0.25, 0.3) is 0 Å². The molecule has 3 unspecified atom stereocenters. The van der Waals surface area contributed by atoms with E-state index in [0.717, 1.165) is 29.8 Å². The summed E-state index contributed by atoms with van der Waals surface area (Å²) in [5.41, 5.74) is 6.67. The molecule has 0 saturated heterocycles. The molecule has 0 aromatic carbocycles. The summed E-state index contributed by atoms with van der Waals surface area (Å²) in [7, 11) is 0. The van der Waals surface area contributed by atoms with Crippen LogP contribution in [0.4, 0.5) is 0 Å². The SMILES string of the molecule is NCCc1ccnc(C2CC3CCC2C3)n1. The lowest BCUT2D eigenvalue weighted by molar-refractivity contribution is 0.404. The van der Waals surface area contributed by atoms with E-state index in [1.54, 1.807) is 0 Å². The molecule has 0 amide bonds. The lowest BCUT2D eigenvalue weighted by atomic mass is 9.88. The first kappa shape index (κ1) is 10.2. The van der Waals surface area contributed by atoms with Gasteiger partial charge in [-0.1, -0.05) is 6.42 Å². The molecule has 0 spiro atoms. The molecule has 0 aliphatic heterocycles. The molecule has 3 atom stereocenters. The van der Waals surface area contributed by atoms with Crippen LogP contribution in [0.2, 0.25) is 0 Å². The van der Waals surface area contributed by atoms with Crippen LogP contribution in [0.5, 0.6) is 0 Å². The van der Waals surface area contributed by atoms with Crippen molar-refractivity contribution in [2.24, 2.45) is 17.6 Å². The number of aromatic nitrogens is 2. The zero-order chi connectivity index (χ0) is 11.0. The Balaban J connectivity index is 1.81. The van der Waals surface area contributed by atoms with Crippen molar-refractivity contribution in [1.29, 1.82) is 0 Å². The first-order chi connectivity index (χ1) is 7.86. The van der Waals surface area contributed by atoms with Gasteiger partial charge in [0.1, 0.15) is 5.82 Å². The molecular weight excluding hydrogens is 198 g/mol. The third kappa shape index (κ3) is 1.73. The van der Waals surface area contributed by atoms with Crippen LogP contribution in [-0.2, 0) is 6.42 Å². The van der Waals surface area contributed by atoms with Gasteiger partial charge in [-0.05, 0) is 43.7 Å². The van der Waals surface area contributed by atoms with E-state index in [9.17, 15) is 0 Å². The summed E-state index contributed by atoms with van der Waals surface area (Å²) in [6.45, 7) is 0.674. The quantitative estimate of drug-likeness (QED) is 0.841. The van der Waals surface area contributed by atoms with Gasteiger partial charge in [0, 0.05) is 24.2 Å². The van der Waals surface area contributed by atoms with Gasteiger partial charge in [0.2, 0.25) is 0 Å². The summed E-state index contributed by atoms with van der Waals surface area (Å²) in [6, 6.07) is 1.99. The molecule has 1 heterocycles. The topological polar surface area (TPSA) is 51.8 Å². The Morgan fingerprint density at radius 1 is 1.31 bits per heavy atom. The fourth-order valence-electron chi connectivity index (χ4n) is 3.44. The molecule has 2 fully saturated rings. The molecule has 16 heavy (non-hydrogen) atoms. The molecule has 1 aromatic rings. The van der Waals surface area contributed by atoms with E-state index >= 15 is 0 Å². The Morgan fingerprint density at radius 3 is 2.94 bits per heavy atom. The van der Waals surface area contributed by atoms with Crippen molar-refractivity contribution in [2.45, 2.75) is 38.0 Å². The number of nitrogens with zero attached hydrogens (tertiary/aromatic N) is 2. The van der Waals surface area contributed by atoms with E-state index in [-0.39, 0.29) is 0 Å². The number of fused-ring (bicyclic) bond motifs is 2. The van der Waals surface area contributed by atoms with Gasteiger partial charge < -0.3 is 5.73 Å². The van der Waals surface area contributed by atoms with E-state index in [4.69, 9.17) is 5.73 Å². The van der Waals surface area contributed by atoms with Crippen molar-refractivity contribution in [1.82, 2.24) is 9.97 Å². The van der Waals surface area contributed by atoms with Crippen LogP contribution >= 0.6 is 0 Å². The van der Waals surface area contributed by atoms with Crippen molar-refractivity contribution in [3.8, 4) is 0 Å². The maximum Gasteiger partial charge on any atom is 0.131 e. The fraction of sp³-hybridized carbons (Fsp3) is 0.692. The molecule has 86 valence electrons. The second kappa shape index (κ2) is 4.13. The molecule has 2 saturated carbocycles. The van der Waals surface area contributed by atoms with Crippen molar-refractivity contribution >= 4 is 0 Å². The summed E-state index contributed by atoms with van der Waals surface area (Å²) in [5, 5.41) is 0. The second-order valence-electron chi connectivity index (χ2n) is 5.23. The molecule has 2 aliphatic rings. The normalized spacial score (nSPS) is 32.2. The standard InChI is InChI=1S/C13H19N3/c14-5-3-11-4-6-15-13(16-11)12-8-9-1-2-10(12)7-9/h4,6,9-10,12H,1-3,5,7-8,14H2. The van der Waals surface area contributed by atoms with E-state index in [0.29, 0.717) is 12.5 Å². The Kier molecular flexibility index (Phi) is 2.64. The highest BCUT2D eigenvalue weighted by Gasteiger charge is 2.41. The first-order valence-corrected chi connectivity index (χ1v) is 6.38. The van der Waals surface area contributed by atoms with Crippen LogP contribution in [0, 0.1) is 11.8 Å². The summed E-state index contributed by atoms with van der Waals surface area (Å²) < 4.78 is 0. The second-order valence-corrected chi connectivity index (χ2v) is 5.23. The highest BCUT2D eigenvalue weighted by Crippen LogP contribution is 2.51. The predicted octanol–water partition coefficient (Wildman–Crippen LogP) is 1.88. The summed E-state index contributed by atoms with van der Waals surface area (Å²) in [5.74, 6) is 3.53. The fourth-order valence-corrected chi connectivity index (χ4v) is 3.44. The Morgan fingerprint density at radius 2 is 2.25 bits per heavy atom. The number of hydrogen-bond acceptors (Lipinski definition) is 3. The molecular formula is C13H19N3. The van der Waals surface area contributed by atoms with Gasteiger partial charge in [-0.2, -0.15) is 0 Å². The Labute approximate surface area is 96.5 Å². The molecule has 1 aromatic heterocycles. The van der Waals surface area contributed by atoms with E-state index in [1.807, 2.05) is 12.3 Å².